The van der Waals surface area contributed by atoms with E-state index >= 15 is 0 Å². The van der Waals surface area contributed by atoms with Gasteiger partial charge in [-0.3, -0.25) is 4.57 Å². The molecule has 4 nitrogen and oxygen atoms in total. The monoisotopic (exact) mass is 262 g/mol. The van der Waals surface area contributed by atoms with E-state index in [9.17, 15) is 0 Å². The molecule has 1 aliphatic rings. The third kappa shape index (κ3) is 2.08. The van der Waals surface area contributed by atoms with Gasteiger partial charge in [0.05, 0.1) is 5.88 Å². The Morgan fingerprint density at radius 2 is 1.72 bits per heavy atom. The zero-order valence-electron chi connectivity index (χ0n) is 10.1. The highest BCUT2D eigenvalue weighted by Gasteiger charge is 2.12. The topological polar surface area (TPSA) is 34.0 Å². The van der Waals surface area contributed by atoms with E-state index in [0.717, 1.165) is 11.5 Å². The lowest BCUT2D eigenvalue weighted by Crippen LogP contribution is -2.17. The van der Waals surface area contributed by atoms with Gasteiger partial charge >= 0.3 is 0 Å². The summed E-state index contributed by atoms with van der Waals surface area (Å²) in [5.74, 6) is 1.14. The van der Waals surface area contributed by atoms with E-state index in [-0.39, 0.29) is 0 Å². The quantitative estimate of drug-likeness (QED) is 0.798. The van der Waals surface area contributed by atoms with E-state index in [1.54, 1.807) is 6.33 Å². The predicted molar refractivity (Wildman–Crippen MR) is 72.4 cm³/mol. The van der Waals surface area contributed by atoms with Gasteiger partial charge in [0.25, 0.3) is 0 Å². The summed E-state index contributed by atoms with van der Waals surface area (Å²) in [6, 6.07) is 8.48. The Hall–Kier alpha value is -1.55. The zero-order chi connectivity index (χ0) is 12.4. The Balaban J connectivity index is 1.86. The van der Waals surface area contributed by atoms with Crippen LogP contribution in [-0.4, -0.2) is 27.9 Å². The number of alkyl halides is 1. The van der Waals surface area contributed by atoms with Crippen molar-refractivity contribution in [2.45, 2.75) is 18.7 Å². The fourth-order valence-electron chi connectivity index (χ4n) is 2.37. The second-order valence-corrected chi connectivity index (χ2v) is 4.73. The number of hydrogen-bond donors (Lipinski definition) is 0. The normalized spacial score (nSPS) is 15.3. The standard InChI is InChI=1S/C13H15ClN4/c14-9-13-16-15-10-18(13)12-5-3-11(4-6-12)17-7-1-2-8-17/h3-6,10H,1-2,7-9H2. The van der Waals surface area contributed by atoms with Gasteiger partial charge in [-0.05, 0) is 37.1 Å². The molecule has 1 fully saturated rings. The molecule has 0 bridgehead atoms. The average molecular weight is 263 g/mol. The van der Waals surface area contributed by atoms with Crippen LogP contribution >= 0.6 is 11.6 Å². The van der Waals surface area contributed by atoms with Crippen LogP contribution in [-0.2, 0) is 5.88 Å². The van der Waals surface area contributed by atoms with Gasteiger partial charge in [-0.1, -0.05) is 0 Å². The summed E-state index contributed by atoms with van der Waals surface area (Å²) < 4.78 is 1.92. The predicted octanol–water partition coefficient (Wildman–Crippen LogP) is 2.61. The van der Waals surface area contributed by atoms with E-state index in [4.69, 9.17) is 11.6 Å². The molecule has 1 aromatic heterocycles. The van der Waals surface area contributed by atoms with Gasteiger partial charge in [0, 0.05) is 24.5 Å². The van der Waals surface area contributed by atoms with E-state index in [0.29, 0.717) is 5.88 Å². The zero-order valence-corrected chi connectivity index (χ0v) is 10.8. The number of nitrogens with zero attached hydrogens (tertiary/aromatic N) is 4. The number of anilines is 1. The highest BCUT2D eigenvalue weighted by atomic mass is 35.5. The van der Waals surface area contributed by atoms with Crippen LogP contribution in [0.1, 0.15) is 18.7 Å². The molecule has 0 atom stereocenters. The van der Waals surface area contributed by atoms with E-state index < -0.39 is 0 Å². The minimum absolute atomic E-state index is 0.369. The molecule has 0 amide bonds. The molecule has 0 aliphatic carbocycles. The first-order valence-electron chi connectivity index (χ1n) is 6.19. The third-order valence-electron chi connectivity index (χ3n) is 3.34. The van der Waals surface area contributed by atoms with Crippen molar-refractivity contribution in [2.75, 3.05) is 18.0 Å². The first-order valence-corrected chi connectivity index (χ1v) is 6.72. The fraction of sp³-hybridized carbons (Fsp3) is 0.385. The fourth-order valence-corrected chi connectivity index (χ4v) is 2.55. The van der Waals surface area contributed by atoms with E-state index in [1.807, 2.05) is 4.57 Å². The molecule has 3 rings (SSSR count). The first-order chi connectivity index (χ1) is 8.88. The molecule has 1 aromatic carbocycles. The maximum absolute atomic E-state index is 5.83. The Morgan fingerprint density at radius 3 is 2.39 bits per heavy atom. The van der Waals surface area contributed by atoms with Crippen molar-refractivity contribution in [1.82, 2.24) is 14.8 Å². The molecule has 0 unspecified atom stereocenters. The van der Waals surface area contributed by atoms with Crippen molar-refractivity contribution in [1.29, 1.82) is 0 Å². The maximum atomic E-state index is 5.83. The van der Waals surface area contributed by atoms with Gasteiger partial charge < -0.3 is 4.90 Å². The summed E-state index contributed by atoms with van der Waals surface area (Å²) in [4.78, 5) is 2.42. The third-order valence-corrected chi connectivity index (χ3v) is 3.58. The Bertz CT molecular complexity index is 514. The first kappa shape index (κ1) is 11.5. The van der Waals surface area contributed by atoms with Crippen molar-refractivity contribution in [3.05, 3.63) is 36.4 Å². The van der Waals surface area contributed by atoms with E-state index in [2.05, 4.69) is 39.4 Å². The molecule has 94 valence electrons. The van der Waals surface area contributed by atoms with Crippen LogP contribution < -0.4 is 4.90 Å². The summed E-state index contributed by atoms with van der Waals surface area (Å²) >= 11 is 5.83. The smallest absolute Gasteiger partial charge is 0.152 e. The summed E-state index contributed by atoms with van der Waals surface area (Å²) in [5.41, 5.74) is 2.34. The second-order valence-electron chi connectivity index (χ2n) is 4.46. The maximum Gasteiger partial charge on any atom is 0.152 e. The van der Waals surface area contributed by atoms with Gasteiger partial charge in [0.2, 0.25) is 0 Å². The van der Waals surface area contributed by atoms with Gasteiger partial charge in [-0.15, -0.1) is 21.8 Å². The number of aromatic nitrogens is 3. The lowest BCUT2D eigenvalue weighted by Gasteiger charge is -2.17. The lowest BCUT2D eigenvalue weighted by atomic mass is 10.2. The Kier molecular flexibility index (Phi) is 3.19. The molecule has 2 aromatic rings. The number of halogens is 1. The van der Waals surface area contributed by atoms with Gasteiger partial charge in [-0.2, -0.15) is 0 Å². The van der Waals surface area contributed by atoms with Crippen LogP contribution in [0.15, 0.2) is 30.6 Å². The minimum atomic E-state index is 0.369. The van der Waals surface area contributed by atoms with Crippen molar-refractivity contribution < 1.29 is 0 Å². The molecule has 2 heterocycles. The molecule has 0 radical (unpaired) electrons. The molecule has 1 aliphatic heterocycles. The molecule has 0 saturated carbocycles. The highest BCUT2D eigenvalue weighted by molar-refractivity contribution is 6.16. The molecule has 0 spiro atoms. The molecule has 5 heteroatoms. The summed E-state index contributed by atoms with van der Waals surface area (Å²) in [7, 11) is 0. The number of hydrogen-bond acceptors (Lipinski definition) is 3. The van der Waals surface area contributed by atoms with E-state index in [1.165, 1.54) is 31.6 Å². The molecule has 1 saturated heterocycles. The van der Waals surface area contributed by atoms with Gasteiger partial charge in [0.15, 0.2) is 5.82 Å². The summed E-state index contributed by atoms with van der Waals surface area (Å²) in [6.45, 7) is 2.33. The summed E-state index contributed by atoms with van der Waals surface area (Å²) in [5, 5.41) is 7.87. The van der Waals surface area contributed by atoms with Crippen LogP contribution in [0, 0.1) is 0 Å². The largest absolute Gasteiger partial charge is 0.372 e. The number of benzene rings is 1. The minimum Gasteiger partial charge on any atom is -0.372 e. The van der Waals surface area contributed by atoms with Crippen molar-refractivity contribution in [3.63, 3.8) is 0 Å². The van der Waals surface area contributed by atoms with Crippen molar-refractivity contribution in [2.24, 2.45) is 0 Å². The second kappa shape index (κ2) is 4.98. The SMILES string of the molecule is ClCc1nncn1-c1ccc(N2CCCC2)cc1. The van der Waals surface area contributed by atoms with Crippen LogP contribution in [0.3, 0.4) is 0 Å². The molecule has 0 N–H and O–H groups in total. The average Bonchev–Trinajstić information content (AvgIpc) is 3.10. The van der Waals surface area contributed by atoms with Crippen LogP contribution in [0.4, 0.5) is 5.69 Å². The summed E-state index contributed by atoms with van der Waals surface area (Å²) in [6.07, 6.45) is 4.29. The van der Waals surface area contributed by atoms with Crippen LogP contribution in [0.5, 0.6) is 0 Å². The molecular weight excluding hydrogens is 248 g/mol. The Labute approximate surface area is 111 Å². The highest BCUT2D eigenvalue weighted by Crippen LogP contribution is 2.22. The number of rotatable bonds is 3. The van der Waals surface area contributed by atoms with Gasteiger partial charge in [-0.25, -0.2) is 0 Å². The van der Waals surface area contributed by atoms with Crippen LogP contribution in [0.2, 0.25) is 0 Å². The lowest BCUT2D eigenvalue weighted by molar-refractivity contribution is 0.944. The van der Waals surface area contributed by atoms with Crippen LogP contribution in [0.25, 0.3) is 5.69 Å². The molecular formula is C13H15ClN4. The van der Waals surface area contributed by atoms with Crippen molar-refractivity contribution in [3.8, 4) is 5.69 Å². The molecule has 18 heavy (non-hydrogen) atoms. The Morgan fingerprint density at radius 1 is 1.06 bits per heavy atom. The van der Waals surface area contributed by atoms with Crippen molar-refractivity contribution >= 4 is 17.3 Å². The van der Waals surface area contributed by atoms with Gasteiger partial charge in [0.1, 0.15) is 6.33 Å².